The van der Waals surface area contributed by atoms with E-state index in [0.717, 1.165) is 0 Å². The summed E-state index contributed by atoms with van der Waals surface area (Å²) in [5.74, 6) is -0.387. The molecule has 0 N–H and O–H groups in total. The van der Waals surface area contributed by atoms with E-state index >= 15 is 0 Å². The molecule has 0 fully saturated rings. The normalized spacial score (nSPS) is 11.5. The summed E-state index contributed by atoms with van der Waals surface area (Å²) in [5.41, 5.74) is 0. The lowest BCUT2D eigenvalue weighted by Crippen LogP contribution is -2.17. The largest absolute Gasteiger partial charge is 0.573 e. The number of halogens is 4. The molecule has 0 heterocycles. The molecule has 1 atom stereocenters. The molecule has 1 nitrogen and oxygen atoms in total. The van der Waals surface area contributed by atoms with Crippen LogP contribution in [0.2, 0.25) is 5.02 Å². The average Bonchev–Trinajstić information content (AvgIpc) is 1.94. The summed E-state index contributed by atoms with van der Waals surface area (Å²) in [4.78, 5) is 0. The monoisotopic (exact) mass is 228 g/mol. The molecule has 0 radical (unpaired) electrons. The smallest absolute Gasteiger partial charge is 0.404 e. The standard InChI is InChI=1S/C7H5ClF3OP/c8-5-2-1-4(13)3-6(5)12-7(9,10)11/h1-3H,13H2. The minimum Gasteiger partial charge on any atom is -0.404 e. The van der Waals surface area contributed by atoms with E-state index in [1.54, 1.807) is 6.07 Å². The van der Waals surface area contributed by atoms with Gasteiger partial charge in [0.05, 0.1) is 5.02 Å². The van der Waals surface area contributed by atoms with E-state index in [2.05, 4.69) is 14.0 Å². The van der Waals surface area contributed by atoms with Gasteiger partial charge in [-0.1, -0.05) is 17.7 Å². The summed E-state index contributed by atoms with van der Waals surface area (Å²) in [7, 11) is 2.25. The third kappa shape index (κ3) is 3.41. The summed E-state index contributed by atoms with van der Waals surface area (Å²) in [6.07, 6.45) is -4.71. The summed E-state index contributed by atoms with van der Waals surface area (Å²) >= 11 is 5.47. The molecule has 1 rings (SSSR count). The molecule has 0 aliphatic rings. The van der Waals surface area contributed by atoms with Crippen molar-refractivity contribution in [3.05, 3.63) is 23.2 Å². The second-order valence-corrected chi connectivity index (χ2v) is 3.31. The van der Waals surface area contributed by atoms with Crippen LogP contribution in [0.5, 0.6) is 5.75 Å². The van der Waals surface area contributed by atoms with Gasteiger partial charge in [-0.15, -0.1) is 22.4 Å². The summed E-state index contributed by atoms with van der Waals surface area (Å²) in [5, 5.41) is 0.507. The molecule has 1 unspecified atom stereocenters. The second kappa shape index (κ2) is 3.72. The highest BCUT2D eigenvalue weighted by Crippen LogP contribution is 2.29. The van der Waals surface area contributed by atoms with Crippen molar-refractivity contribution in [3.8, 4) is 5.75 Å². The number of alkyl halides is 3. The Morgan fingerprint density at radius 3 is 2.46 bits per heavy atom. The molecule has 13 heavy (non-hydrogen) atoms. The van der Waals surface area contributed by atoms with Crippen LogP contribution < -0.4 is 10.0 Å². The van der Waals surface area contributed by atoms with E-state index in [-0.39, 0.29) is 10.8 Å². The Hall–Kier alpha value is -0.470. The molecular weight excluding hydrogens is 223 g/mol. The van der Waals surface area contributed by atoms with Crippen LogP contribution in [0.1, 0.15) is 0 Å². The number of hydrogen-bond donors (Lipinski definition) is 0. The van der Waals surface area contributed by atoms with Gasteiger partial charge in [0.25, 0.3) is 0 Å². The van der Waals surface area contributed by atoms with Gasteiger partial charge in [0.15, 0.2) is 0 Å². The summed E-state index contributed by atoms with van der Waals surface area (Å²) in [6.45, 7) is 0. The highest BCUT2D eigenvalue weighted by Gasteiger charge is 2.31. The van der Waals surface area contributed by atoms with Crippen molar-refractivity contribution in [3.63, 3.8) is 0 Å². The molecule has 0 aliphatic carbocycles. The summed E-state index contributed by atoms with van der Waals surface area (Å²) < 4.78 is 39.0. The van der Waals surface area contributed by atoms with Crippen LogP contribution in [0.25, 0.3) is 0 Å². The first-order valence-corrected chi connectivity index (χ1v) is 4.15. The quantitative estimate of drug-likeness (QED) is 0.672. The van der Waals surface area contributed by atoms with E-state index < -0.39 is 6.36 Å². The highest BCUT2D eigenvalue weighted by atomic mass is 35.5. The van der Waals surface area contributed by atoms with Crippen molar-refractivity contribution < 1.29 is 17.9 Å². The van der Waals surface area contributed by atoms with Gasteiger partial charge in [-0.25, -0.2) is 0 Å². The lowest BCUT2D eigenvalue weighted by molar-refractivity contribution is -0.274. The van der Waals surface area contributed by atoms with Gasteiger partial charge in [0, 0.05) is 0 Å². The zero-order valence-electron chi connectivity index (χ0n) is 6.23. The maximum absolute atomic E-state index is 11.8. The van der Waals surface area contributed by atoms with Crippen molar-refractivity contribution in [2.75, 3.05) is 0 Å². The van der Waals surface area contributed by atoms with Gasteiger partial charge >= 0.3 is 6.36 Å². The Morgan fingerprint density at radius 1 is 1.31 bits per heavy atom. The molecule has 0 aliphatic heterocycles. The van der Waals surface area contributed by atoms with Crippen LogP contribution in [-0.4, -0.2) is 6.36 Å². The first-order chi connectivity index (χ1) is 5.88. The van der Waals surface area contributed by atoms with Crippen LogP contribution in [0.4, 0.5) is 13.2 Å². The zero-order valence-corrected chi connectivity index (χ0v) is 8.14. The van der Waals surface area contributed by atoms with Crippen LogP contribution in [0.3, 0.4) is 0 Å². The fourth-order valence-electron chi connectivity index (χ4n) is 0.723. The van der Waals surface area contributed by atoms with Gasteiger partial charge < -0.3 is 4.74 Å². The highest BCUT2D eigenvalue weighted by molar-refractivity contribution is 7.27. The predicted octanol–water partition coefficient (Wildman–Crippen LogP) is 2.74. The molecular formula is C7H5ClF3OP. The van der Waals surface area contributed by atoms with Crippen molar-refractivity contribution >= 4 is 26.1 Å². The minimum absolute atomic E-state index is 0.0662. The minimum atomic E-state index is -4.71. The second-order valence-electron chi connectivity index (χ2n) is 2.24. The van der Waals surface area contributed by atoms with Gasteiger partial charge in [-0.3, -0.25) is 0 Å². The molecule has 0 saturated carbocycles. The first-order valence-electron chi connectivity index (χ1n) is 3.19. The van der Waals surface area contributed by atoms with Gasteiger partial charge in [0.1, 0.15) is 5.75 Å². The van der Waals surface area contributed by atoms with E-state index in [0.29, 0.717) is 5.30 Å². The average molecular weight is 229 g/mol. The van der Waals surface area contributed by atoms with Crippen molar-refractivity contribution in [2.24, 2.45) is 0 Å². The topological polar surface area (TPSA) is 9.23 Å². The summed E-state index contributed by atoms with van der Waals surface area (Å²) in [6, 6.07) is 4.10. The van der Waals surface area contributed by atoms with Crippen LogP contribution >= 0.6 is 20.8 Å². The fraction of sp³-hybridized carbons (Fsp3) is 0.143. The van der Waals surface area contributed by atoms with Crippen LogP contribution in [-0.2, 0) is 0 Å². The maximum Gasteiger partial charge on any atom is 0.573 e. The zero-order chi connectivity index (χ0) is 10.1. The molecule has 0 spiro atoms. The fourth-order valence-corrected chi connectivity index (χ4v) is 1.13. The molecule has 1 aromatic rings. The molecule has 0 aromatic heterocycles. The third-order valence-corrected chi connectivity index (χ3v) is 1.85. The lowest BCUT2D eigenvalue weighted by atomic mass is 10.3. The Bertz CT molecular complexity index is 313. The number of rotatable bonds is 1. The molecule has 0 bridgehead atoms. The van der Waals surface area contributed by atoms with Gasteiger partial charge in [0.2, 0.25) is 0 Å². The van der Waals surface area contributed by atoms with E-state index in [1.807, 2.05) is 0 Å². The SMILES string of the molecule is FC(F)(F)Oc1cc(P)ccc1Cl. The molecule has 6 heteroatoms. The number of benzene rings is 1. The van der Waals surface area contributed by atoms with Gasteiger partial charge in [-0.05, 0) is 17.4 Å². The maximum atomic E-state index is 11.8. The lowest BCUT2D eigenvalue weighted by Gasteiger charge is -2.10. The van der Waals surface area contributed by atoms with Crippen molar-refractivity contribution in [1.29, 1.82) is 0 Å². The Balaban J connectivity index is 2.94. The van der Waals surface area contributed by atoms with Crippen molar-refractivity contribution in [1.82, 2.24) is 0 Å². The number of hydrogen-bond acceptors (Lipinski definition) is 1. The van der Waals surface area contributed by atoms with Crippen molar-refractivity contribution in [2.45, 2.75) is 6.36 Å². The first kappa shape index (κ1) is 10.6. The number of ether oxygens (including phenoxy) is 1. The molecule has 0 saturated heterocycles. The molecule has 0 amide bonds. The van der Waals surface area contributed by atoms with E-state index in [1.165, 1.54) is 12.1 Å². The van der Waals surface area contributed by atoms with Crippen LogP contribution in [0.15, 0.2) is 18.2 Å². The Morgan fingerprint density at radius 2 is 1.92 bits per heavy atom. The van der Waals surface area contributed by atoms with E-state index in [4.69, 9.17) is 11.6 Å². The molecule has 72 valence electrons. The third-order valence-electron chi connectivity index (χ3n) is 1.18. The predicted molar refractivity (Wildman–Crippen MR) is 47.5 cm³/mol. The van der Waals surface area contributed by atoms with E-state index in [9.17, 15) is 13.2 Å². The van der Waals surface area contributed by atoms with Gasteiger partial charge in [-0.2, -0.15) is 0 Å². The van der Waals surface area contributed by atoms with Crippen LogP contribution in [0, 0.1) is 0 Å². The molecule has 1 aromatic carbocycles. The Kier molecular flexibility index (Phi) is 3.04. The Labute approximate surface area is 80.0 Å².